The van der Waals surface area contributed by atoms with Crippen molar-refractivity contribution in [1.82, 2.24) is 0 Å². The molecule has 0 aliphatic heterocycles. The third-order valence-electron chi connectivity index (χ3n) is 1.96. The lowest BCUT2D eigenvalue weighted by atomic mass is 10.1. The molecule has 1 rings (SSSR count). The highest BCUT2D eigenvalue weighted by Gasteiger charge is 2.14. The maximum absolute atomic E-state index is 13.2. The summed E-state index contributed by atoms with van der Waals surface area (Å²) in [6.07, 6.45) is 1.34. The van der Waals surface area contributed by atoms with Crippen molar-refractivity contribution in [2.45, 2.75) is 30.8 Å². The summed E-state index contributed by atoms with van der Waals surface area (Å²) in [5.74, 6) is 0.728. The van der Waals surface area contributed by atoms with Gasteiger partial charge in [0.05, 0.1) is 0 Å². The standard InChI is InChI=1S/C12H15FOS/c1-12(2,13)6-7-15-11-5-3-4-10(8-11)9-14/h3-5,8-9H,6-7H2,1-2H3. The molecule has 0 saturated heterocycles. The van der Waals surface area contributed by atoms with Crippen LogP contribution in [0.5, 0.6) is 0 Å². The number of thioether (sulfide) groups is 1. The summed E-state index contributed by atoms with van der Waals surface area (Å²) in [5, 5.41) is 0. The van der Waals surface area contributed by atoms with Gasteiger partial charge in [-0.1, -0.05) is 12.1 Å². The fourth-order valence-electron chi connectivity index (χ4n) is 1.09. The molecule has 0 aromatic heterocycles. The van der Waals surface area contributed by atoms with E-state index in [1.165, 1.54) is 0 Å². The smallest absolute Gasteiger partial charge is 0.150 e. The second kappa shape index (κ2) is 5.31. The summed E-state index contributed by atoms with van der Waals surface area (Å²) in [5.41, 5.74) is -0.450. The van der Waals surface area contributed by atoms with Crippen molar-refractivity contribution in [1.29, 1.82) is 0 Å². The Hall–Kier alpha value is -0.830. The van der Waals surface area contributed by atoms with E-state index in [4.69, 9.17) is 0 Å². The zero-order chi connectivity index (χ0) is 11.3. The Morgan fingerprint density at radius 1 is 1.47 bits per heavy atom. The van der Waals surface area contributed by atoms with Crippen LogP contribution in [0.2, 0.25) is 0 Å². The normalized spacial score (nSPS) is 11.4. The van der Waals surface area contributed by atoms with Crippen molar-refractivity contribution in [3.63, 3.8) is 0 Å². The first-order valence-corrected chi connectivity index (χ1v) is 5.87. The number of hydrogen-bond donors (Lipinski definition) is 0. The molecule has 0 fully saturated rings. The van der Waals surface area contributed by atoms with Crippen LogP contribution in [0.15, 0.2) is 29.2 Å². The molecule has 0 bridgehead atoms. The molecular formula is C12H15FOS. The highest BCUT2D eigenvalue weighted by atomic mass is 32.2. The lowest BCUT2D eigenvalue weighted by Gasteiger charge is -2.12. The molecule has 0 amide bonds. The van der Waals surface area contributed by atoms with Crippen molar-refractivity contribution in [2.75, 3.05) is 5.75 Å². The topological polar surface area (TPSA) is 17.1 Å². The molecule has 0 unspecified atom stereocenters. The first kappa shape index (κ1) is 12.2. The van der Waals surface area contributed by atoms with Crippen LogP contribution in [0, 0.1) is 0 Å². The molecular weight excluding hydrogens is 211 g/mol. The van der Waals surface area contributed by atoms with E-state index in [1.807, 2.05) is 18.2 Å². The Morgan fingerprint density at radius 3 is 2.80 bits per heavy atom. The molecule has 1 aromatic rings. The van der Waals surface area contributed by atoms with Crippen LogP contribution in [-0.4, -0.2) is 17.7 Å². The van der Waals surface area contributed by atoms with Gasteiger partial charge in [0.25, 0.3) is 0 Å². The number of hydrogen-bond acceptors (Lipinski definition) is 2. The van der Waals surface area contributed by atoms with Crippen LogP contribution in [0.1, 0.15) is 30.6 Å². The summed E-state index contributed by atoms with van der Waals surface area (Å²) in [6, 6.07) is 7.36. The highest BCUT2D eigenvalue weighted by molar-refractivity contribution is 7.99. The number of rotatable bonds is 5. The molecule has 1 nitrogen and oxygen atoms in total. The van der Waals surface area contributed by atoms with E-state index in [-0.39, 0.29) is 0 Å². The largest absolute Gasteiger partial charge is 0.298 e. The Morgan fingerprint density at radius 2 is 2.20 bits per heavy atom. The van der Waals surface area contributed by atoms with E-state index >= 15 is 0 Å². The summed E-state index contributed by atoms with van der Waals surface area (Å²) < 4.78 is 13.2. The van der Waals surface area contributed by atoms with Gasteiger partial charge in [-0.2, -0.15) is 0 Å². The molecule has 0 N–H and O–H groups in total. The molecule has 3 heteroatoms. The Balaban J connectivity index is 2.47. The first-order chi connectivity index (χ1) is 7.01. The molecule has 0 aliphatic rings. The van der Waals surface area contributed by atoms with Gasteiger partial charge in [-0.15, -0.1) is 11.8 Å². The van der Waals surface area contributed by atoms with Crippen molar-refractivity contribution >= 4 is 18.0 Å². The number of halogens is 1. The summed E-state index contributed by atoms with van der Waals surface area (Å²) in [6.45, 7) is 3.16. The average molecular weight is 226 g/mol. The van der Waals surface area contributed by atoms with Gasteiger partial charge in [-0.3, -0.25) is 4.79 Å². The van der Waals surface area contributed by atoms with Crippen LogP contribution in [0.25, 0.3) is 0 Å². The van der Waals surface area contributed by atoms with E-state index in [9.17, 15) is 9.18 Å². The van der Waals surface area contributed by atoms with E-state index < -0.39 is 5.67 Å². The summed E-state index contributed by atoms with van der Waals surface area (Å²) >= 11 is 1.58. The maximum atomic E-state index is 13.2. The molecule has 1 aromatic carbocycles. The second-order valence-electron chi connectivity index (χ2n) is 4.01. The fourth-order valence-corrected chi connectivity index (χ4v) is 2.31. The lowest BCUT2D eigenvalue weighted by molar-refractivity contribution is 0.112. The Labute approximate surface area is 94.1 Å². The van der Waals surface area contributed by atoms with Crippen LogP contribution in [-0.2, 0) is 0 Å². The SMILES string of the molecule is CC(C)(F)CCSc1cccc(C=O)c1. The molecule has 82 valence electrons. The average Bonchev–Trinajstić information content (AvgIpc) is 2.16. The van der Waals surface area contributed by atoms with E-state index in [0.717, 1.165) is 16.9 Å². The minimum Gasteiger partial charge on any atom is -0.298 e. The van der Waals surface area contributed by atoms with Gasteiger partial charge in [-0.25, -0.2) is 4.39 Å². The molecule has 0 spiro atoms. The molecule has 0 saturated carbocycles. The predicted molar refractivity (Wildman–Crippen MR) is 62.4 cm³/mol. The van der Waals surface area contributed by atoms with Gasteiger partial charge < -0.3 is 0 Å². The van der Waals surface area contributed by atoms with Crippen molar-refractivity contribution in [3.8, 4) is 0 Å². The van der Waals surface area contributed by atoms with Crippen LogP contribution in [0.4, 0.5) is 4.39 Å². The number of carbonyl (C=O) groups excluding carboxylic acids is 1. The summed E-state index contributed by atoms with van der Waals surface area (Å²) in [7, 11) is 0. The third kappa shape index (κ3) is 4.98. The molecule has 0 aliphatic carbocycles. The van der Waals surface area contributed by atoms with Crippen molar-refractivity contribution < 1.29 is 9.18 Å². The lowest BCUT2D eigenvalue weighted by Crippen LogP contribution is -2.12. The molecule has 0 radical (unpaired) electrons. The second-order valence-corrected chi connectivity index (χ2v) is 5.18. The quantitative estimate of drug-likeness (QED) is 0.562. The van der Waals surface area contributed by atoms with Crippen molar-refractivity contribution in [3.05, 3.63) is 29.8 Å². The maximum Gasteiger partial charge on any atom is 0.150 e. The van der Waals surface area contributed by atoms with Gasteiger partial charge in [-0.05, 0) is 32.4 Å². The van der Waals surface area contributed by atoms with Gasteiger partial charge in [0.15, 0.2) is 0 Å². The van der Waals surface area contributed by atoms with Crippen LogP contribution < -0.4 is 0 Å². The molecule has 0 atom stereocenters. The van der Waals surface area contributed by atoms with E-state index in [1.54, 1.807) is 31.7 Å². The summed E-state index contributed by atoms with van der Waals surface area (Å²) in [4.78, 5) is 11.5. The van der Waals surface area contributed by atoms with Gasteiger partial charge in [0, 0.05) is 16.2 Å². The number of carbonyl (C=O) groups is 1. The first-order valence-electron chi connectivity index (χ1n) is 4.88. The van der Waals surface area contributed by atoms with Crippen molar-refractivity contribution in [2.24, 2.45) is 0 Å². The minimum absolute atomic E-state index is 0.517. The number of alkyl halides is 1. The molecule has 15 heavy (non-hydrogen) atoms. The zero-order valence-corrected chi connectivity index (χ0v) is 9.81. The van der Waals surface area contributed by atoms with E-state index in [0.29, 0.717) is 12.0 Å². The van der Waals surface area contributed by atoms with E-state index in [2.05, 4.69) is 0 Å². The van der Waals surface area contributed by atoms with Gasteiger partial charge >= 0.3 is 0 Å². The van der Waals surface area contributed by atoms with Crippen LogP contribution in [0.3, 0.4) is 0 Å². The monoisotopic (exact) mass is 226 g/mol. The Kier molecular flexibility index (Phi) is 4.33. The van der Waals surface area contributed by atoms with Gasteiger partial charge in [0.1, 0.15) is 12.0 Å². The van der Waals surface area contributed by atoms with Gasteiger partial charge in [0.2, 0.25) is 0 Å². The third-order valence-corrected chi connectivity index (χ3v) is 2.95. The highest BCUT2D eigenvalue weighted by Crippen LogP contribution is 2.23. The predicted octanol–water partition coefficient (Wildman–Crippen LogP) is 3.73. The molecule has 0 heterocycles. The Bertz CT molecular complexity index is 331. The minimum atomic E-state index is -1.12. The number of benzene rings is 1. The van der Waals surface area contributed by atoms with Crippen LogP contribution >= 0.6 is 11.8 Å². The number of aldehydes is 1. The zero-order valence-electron chi connectivity index (χ0n) is 9.00. The fraction of sp³-hybridized carbons (Fsp3) is 0.417.